The number of aryl methyl sites for hydroxylation is 1. The van der Waals surface area contributed by atoms with Crippen molar-refractivity contribution < 1.29 is 14.3 Å². The van der Waals surface area contributed by atoms with E-state index in [4.69, 9.17) is 9.47 Å². The Labute approximate surface area is 159 Å². The Bertz CT molecular complexity index is 819. The number of hydrogen-bond acceptors (Lipinski definition) is 5. The lowest BCUT2D eigenvalue weighted by atomic mass is 9.93. The minimum Gasteiger partial charge on any atom is -0.486 e. The highest BCUT2D eigenvalue weighted by Crippen LogP contribution is 2.37. The van der Waals surface area contributed by atoms with E-state index in [0.29, 0.717) is 31.6 Å². The van der Waals surface area contributed by atoms with Gasteiger partial charge in [-0.15, -0.1) is 0 Å². The quantitative estimate of drug-likeness (QED) is 0.865. The molecule has 1 N–H and O–H groups in total. The highest BCUT2D eigenvalue weighted by atomic mass is 16.6. The second kappa shape index (κ2) is 7.60. The van der Waals surface area contributed by atoms with Crippen LogP contribution in [0.2, 0.25) is 0 Å². The van der Waals surface area contributed by atoms with Crippen LogP contribution in [0.5, 0.6) is 11.5 Å². The van der Waals surface area contributed by atoms with Gasteiger partial charge < -0.3 is 19.4 Å². The Morgan fingerprint density at radius 1 is 1.30 bits per heavy atom. The number of likely N-dealkylation sites (tertiary alicyclic amines) is 1. The van der Waals surface area contributed by atoms with Crippen LogP contribution >= 0.6 is 0 Å². The van der Waals surface area contributed by atoms with E-state index in [1.165, 1.54) is 5.69 Å². The summed E-state index contributed by atoms with van der Waals surface area (Å²) < 4.78 is 13.7. The van der Waals surface area contributed by atoms with E-state index >= 15 is 0 Å². The summed E-state index contributed by atoms with van der Waals surface area (Å²) in [7, 11) is 2.03. The number of para-hydroxylation sites is 1. The summed E-state index contributed by atoms with van der Waals surface area (Å²) in [5.74, 6) is 2.39. The summed E-state index contributed by atoms with van der Waals surface area (Å²) in [6, 6.07) is 6.08. The van der Waals surface area contributed by atoms with Crippen LogP contribution in [0, 0.1) is 5.92 Å². The van der Waals surface area contributed by atoms with Crippen molar-refractivity contribution in [1.29, 1.82) is 0 Å². The van der Waals surface area contributed by atoms with E-state index in [0.717, 1.165) is 36.7 Å². The summed E-state index contributed by atoms with van der Waals surface area (Å²) in [6.07, 6.45) is 3.78. The Morgan fingerprint density at radius 3 is 2.93 bits per heavy atom. The van der Waals surface area contributed by atoms with Crippen molar-refractivity contribution in [2.75, 3.05) is 32.8 Å². The van der Waals surface area contributed by atoms with Gasteiger partial charge in [-0.3, -0.25) is 9.69 Å². The lowest BCUT2D eigenvalue weighted by Crippen LogP contribution is -2.31. The fraction of sp³-hybridized carbons (Fsp3) is 0.500. The highest BCUT2D eigenvalue weighted by molar-refractivity contribution is 5.72. The molecule has 0 bridgehead atoms. The first-order valence-corrected chi connectivity index (χ1v) is 9.42. The maximum absolute atomic E-state index is 11.4. The van der Waals surface area contributed by atoms with Crippen LogP contribution < -0.4 is 14.8 Å². The van der Waals surface area contributed by atoms with Gasteiger partial charge in [0.2, 0.25) is 5.91 Å². The Kier molecular flexibility index (Phi) is 5.03. The number of nitrogens with one attached hydrogen (secondary N) is 1. The first-order valence-electron chi connectivity index (χ1n) is 9.42. The zero-order valence-corrected chi connectivity index (χ0v) is 15.9. The molecule has 1 aromatic carbocycles. The van der Waals surface area contributed by atoms with E-state index in [1.54, 1.807) is 6.92 Å². The predicted molar refractivity (Wildman–Crippen MR) is 101 cm³/mol. The summed E-state index contributed by atoms with van der Waals surface area (Å²) in [4.78, 5) is 18.1. The number of benzene rings is 1. The largest absolute Gasteiger partial charge is 0.486 e. The van der Waals surface area contributed by atoms with E-state index in [1.807, 2.05) is 31.7 Å². The first-order chi connectivity index (χ1) is 13.1. The van der Waals surface area contributed by atoms with Gasteiger partial charge in [0.15, 0.2) is 11.5 Å². The lowest BCUT2D eigenvalue weighted by molar-refractivity contribution is -0.119. The van der Waals surface area contributed by atoms with Gasteiger partial charge in [-0.1, -0.05) is 12.1 Å². The molecule has 2 aliphatic rings. The van der Waals surface area contributed by atoms with Gasteiger partial charge in [-0.05, 0) is 12.0 Å². The minimum absolute atomic E-state index is 0.0138. The molecule has 0 spiro atoms. The predicted octanol–water partition coefficient (Wildman–Crippen LogP) is 1.54. The van der Waals surface area contributed by atoms with Gasteiger partial charge in [-0.25, -0.2) is 4.98 Å². The lowest BCUT2D eigenvalue weighted by Gasteiger charge is -2.23. The maximum Gasteiger partial charge on any atom is 0.216 e. The molecule has 7 nitrogen and oxygen atoms in total. The van der Waals surface area contributed by atoms with Gasteiger partial charge >= 0.3 is 0 Å². The van der Waals surface area contributed by atoms with Crippen molar-refractivity contribution in [3.8, 4) is 11.5 Å². The molecule has 0 saturated carbocycles. The van der Waals surface area contributed by atoms with Crippen molar-refractivity contribution in [2.24, 2.45) is 13.0 Å². The number of amides is 1. The van der Waals surface area contributed by atoms with Crippen LogP contribution in [0.25, 0.3) is 0 Å². The molecule has 1 aromatic heterocycles. The summed E-state index contributed by atoms with van der Waals surface area (Å²) in [5, 5.41) is 2.99. The second-order valence-electron chi connectivity index (χ2n) is 7.37. The van der Waals surface area contributed by atoms with Crippen LogP contribution in [-0.2, 0) is 18.4 Å². The molecule has 0 aliphatic carbocycles. The molecule has 7 heteroatoms. The summed E-state index contributed by atoms with van der Waals surface area (Å²) in [5.41, 5.74) is 2.36. The topological polar surface area (TPSA) is 68.6 Å². The van der Waals surface area contributed by atoms with Crippen LogP contribution in [0.3, 0.4) is 0 Å². The third-order valence-electron chi connectivity index (χ3n) is 5.41. The number of aromatic nitrogens is 2. The molecule has 1 amide bonds. The molecule has 1 saturated heterocycles. The molecule has 4 rings (SSSR count). The first kappa shape index (κ1) is 17.9. The molecular weight excluding hydrogens is 344 g/mol. The number of ether oxygens (including phenoxy) is 2. The number of carbonyl (C=O) groups excluding carboxylic acids is 1. The van der Waals surface area contributed by atoms with Gasteiger partial charge in [0.1, 0.15) is 13.2 Å². The van der Waals surface area contributed by atoms with Crippen LogP contribution in [0.4, 0.5) is 0 Å². The zero-order valence-electron chi connectivity index (χ0n) is 15.9. The normalized spacial score (nSPS) is 22.0. The molecule has 144 valence electrons. The molecule has 2 aliphatic heterocycles. The van der Waals surface area contributed by atoms with Gasteiger partial charge in [-0.2, -0.15) is 0 Å². The summed E-state index contributed by atoms with van der Waals surface area (Å²) in [6.45, 7) is 6.08. The standard InChI is InChI=1S/C20H26N4O3/c1-14(25)22-8-16-11-24(12-17(16)18-9-21-13-23(18)2)10-15-4-3-5-19-20(15)27-7-6-26-19/h3-5,9,13,16-17H,6-8,10-12H2,1-2H3,(H,22,25)/t16-,17-/m1/s1. The van der Waals surface area contributed by atoms with Crippen LogP contribution in [0.15, 0.2) is 30.7 Å². The number of hydrogen-bond donors (Lipinski definition) is 1. The van der Waals surface area contributed by atoms with Gasteiger partial charge in [0, 0.05) is 63.5 Å². The summed E-state index contributed by atoms with van der Waals surface area (Å²) >= 11 is 0. The molecule has 0 unspecified atom stereocenters. The van der Waals surface area contributed by atoms with Crippen molar-refractivity contribution in [2.45, 2.75) is 19.4 Å². The smallest absolute Gasteiger partial charge is 0.216 e. The van der Waals surface area contributed by atoms with E-state index in [-0.39, 0.29) is 5.91 Å². The Hall–Kier alpha value is -2.54. The minimum atomic E-state index is 0.0138. The van der Waals surface area contributed by atoms with Crippen molar-refractivity contribution in [1.82, 2.24) is 19.8 Å². The monoisotopic (exact) mass is 370 g/mol. The van der Waals surface area contributed by atoms with Crippen molar-refractivity contribution in [3.05, 3.63) is 42.0 Å². The second-order valence-corrected chi connectivity index (χ2v) is 7.37. The fourth-order valence-electron chi connectivity index (χ4n) is 4.13. The number of rotatable bonds is 5. The Morgan fingerprint density at radius 2 is 2.15 bits per heavy atom. The molecule has 1 fully saturated rings. The number of nitrogens with zero attached hydrogens (tertiary/aromatic N) is 3. The zero-order chi connectivity index (χ0) is 18.8. The molecule has 0 radical (unpaired) electrons. The molecule has 2 aromatic rings. The van der Waals surface area contributed by atoms with Gasteiger partial charge in [0.25, 0.3) is 0 Å². The van der Waals surface area contributed by atoms with Crippen molar-refractivity contribution in [3.63, 3.8) is 0 Å². The van der Waals surface area contributed by atoms with Crippen molar-refractivity contribution >= 4 is 5.91 Å². The number of imidazole rings is 1. The number of carbonyl (C=O) groups is 1. The molecule has 3 heterocycles. The molecular formula is C20H26N4O3. The third kappa shape index (κ3) is 3.78. The Balaban J connectivity index is 1.52. The average molecular weight is 370 g/mol. The van der Waals surface area contributed by atoms with E-state index < -0.39 is 0 Å². The fourth-order valence-corrected chi connectivity index (χ4v) is 4.13. The highest BCUT2D eigenvalue weighted by Gasteiger charge is 2.35. The molecule has 2 atom stereocenters. The van der Waals surface area contributed by atoms with E-state index in [2.05, 4.69) is 25.8 Å². The SMILES string of the molecule is CC(=O)NC[C@@H]1CN(Cc2cccc3c2OCCO3)C[C@H]1c1cncn1C. The van der Waals surface area contributed by atoms with E-state index in [9.17, 15) is 4.79 Å². The van der Waals surface area contributed by atoms with Gasteiger partial charge in [0.05, 0.1) is 6.33 Å². The number of fused-ring (bicyclic) bond motifs is 1. The van der Waals surface area contributed by atoms with Crippen LogP contribution in [-0.4, -0.2) is 53.2 Å². The molecule has 27 heavy (non-hydrogen) atoms. The third-order valence-corrected chi connectivity index (χ3v) is 5.41. The van der Waals surface area contributed by atoms with Crippen LogP contribution in [0.1, 0.15) is 24.1 Å². The average Bonchev–Trinajstić information content (AvgIpc) is 3.26. The maximum atomic E-state index is 11.4.